The molecule has 2 amide bonds. The van der Waals surface area contributed by atoms with Crippen LogP contribution in [-0.2, 0) is 14.3 Å². The SMILES string of the molecule is CCCCC(CNC(=O)OC(C)(C)C)NC(=NCC(=O)N(C)C)NCCOC. The highest BCUT2D eigenvalue weighted by Gasteiger charge is 2.18. The Morgan fingerprint density at radius 2 is 1.86 bits per heavy atom. The summed E-state index contributed by atoms with van der Waals surface area (Å²) < 4.78 is 10.3. The van der Waals surface area contributed by atoms with Gasteiger partial charge in [0.1, 0.15) is 12.1 Å². The number of nitrogens with one attached hydrogen (secondary N) is 3. The smallest absolute Gasteiger partial charge is 0.407 e. The molecule has 0 aromatic carbocycles. The lowest BCUT2D eigenvalue weighted by molar-refractivity contribution is -0.127. The van der Waals surface area contributed by atoms with Gasteiger partial charge in [-0.05, 0) is 27.2 Å². The lowest BCUT2D eigenvalue weighted by Gasteiger charge is -2.24. The van der Waals surface area contributed by atoms with Crippen LogP contribution >= 0.6 is 0 Å². The first-order valence-electron chi connectivity index (χ1n) is 9.79. The molecule has 0 bridgehead atoms. The highest BCUT2D eigenvalue weighted by Crippen LogP contribution is 2.07. The molecular weight excluding hydrogens is 362 g/mol. The van der Waals surface area contributed by atoms with Gasteiger partial charge in [0, 0.05) is 40.3 Å². The number of likely N-dealkylation sites (N-methyl/N-ethyl adjacent to an activating group) is 1. The number of guanidine groups is 1. The summed E-state index contributed by atoms with van der Waals surface area (Å²) in [6, 6.07) is -0.0456. The molecule has 1 atom stereocenters. The minimum atomic E-state index is -0.544. The molecule has 0 aliphatic heterocycles. The zero-order chi connectivity index (χ0) is 21.6. The van der Waals surface area contributed by atoms with Crippen molar-refractivity contribution in [1.82, 2.24) is 20.9 Å². The molecule has 0 radical (unpaired) electrons. The van der Waals surface area contributed by atoms with Crippen molar-refractivity contribution in [3.8, 4) is 0 Å². The van der Waals surface area contributed by atoms with E-state index in [1.165, 1.54) is 4.90 Å². The van der Waals surface area contributed by atoms with Gasteiger partial charge in [0.15, 0.2) is 5.96 Å². The number of ether oxygens (including phenoxy) is 2. The van der Waals surface area contributed by atoms with E-state index in [4.69, 9.17) is 9.47 Å². The van der Waals surface area contributed by atoms with Gasteiger partial charge in [-0.2, -0.15) is 0 Å². The van der Waals surface area contributed by atoms with Crippen molar-refractivity contribution in [2.24, 2.45) is 4.99 Å². The fraction of sp³-hybridized carbons (Fsp3) is 0.842. The van der Waals surface area contributed by atoms with Gasteiger partial charge in [-0.1, -0.05) is 19.8 Å². The van der Waals surface area contributed by atoms with Crippen molar-refractivity contribution < 1.29 is 19.1 Å². The van der Waals surface area contributed by atoms with Crippen LogP contribution in [0.25, 0.3) is 0 Å². The van der Waals surface area contributed by atoms with E-state index < -0.39 is 11.7 Å². The summed E-state index contributed by atoms with van der Waals surface area (Å²) in [6.07, 6.45) is 2.42. The molecule has 0 heterocycles. The monoisotopic (exact) mass is 401 g/mol. The molecule has 1 unspecified atom stereocenters. The summed E-state index contributed by atoms with van der Waals surface area (Å²) in [4.78, 5) is 29.6. The third kappa shape index (κ3) is 14.1. The number of methoxy groups -OCH3 is 1. The predicted molar refractivity (Wildman–Crippen MR) is 112 cm³/mol. The molecule has 0 aliphatic carbocycles. The van der Waals surface area contributed by atoms with Crippen LogP contribution in [0.4, 0.5) is 4.79 Å². The van der Waals surface area contributed by atoms with Gasteiger partial charge in [0.25, 0.3) is 0 Å². The number of carbonyl (C=O) groups is 2. The van der Waals surface area contributed by atoms with Crippen LogP contribution in [0.5, 0.6) is 0 Å². The molecule has 164 valence electrons. The van der Waals surface area contributed by atoms with E-state index >= 15 is 0 Å². The maximum atomic E-state index is 11.9. The van der Waals surface area contributed by atoms with Gasteiger partial charge < -0.3 is 30.3 Å². The molecule has 0 aromatic rings. The fourth-order valence-electron chi connectivity index (χ4n) is 2.10. The maximum absolute atomic E-state index is 11.9. The molecule has 3 N–H and O–H groups in total. The van der Waals surface area contributed by atoms with Crippen LogP contribution in [0.15, 0.2) is 4.99 Å². The number of nitrogens with zero attached hydrogens (tertiary/aromatic N) is 2. The van der Waals surface area contributed by atoms with E-state index in [1.807, 2.05) is 20.8 Å². The molecular formula is C19H39N5O4. The Labute approximate surface area is 169 Å². The van der Waals surface area contributed by atoms with Gasteiger partial charge >= 0.3 is 6.09 Å². The van der Waals surface area contributed by atoms with Crippen LogP contribution in [0, 0.1) is 0 Å². The fourth-order valence-corrected chi connectivity index (χ4v) is 2.10. The highest BCUT2D eigenvalue weighted by molar-refractivity contribution is 5.85. The normalized spacial score (nSPS) is 12.9. The van der Waals surface area contributed by atoms with Crippen LogP contribution in [0.1, 0.15) is 47.0 Å². The van der Waals surface area contributed by atoms with Crippen molar-refractivity contribution in [2.75, 3.05) is 47.4 Å². The lowest BCUT2D eigenvalue weighted by atomic mass is 10.1. The Morgan fingerprint density at radius 3 is 2.39 bits per heavy atom. The summed E-state index contributed by atoms with van der Waals surface area (Å²) in [5.41, 5.74) is -0.544. The highest BCUT2D eigenvalue weighted by atomic mass is 16.6. The van der Waals surface area contributed by atoms with E-state index in [0.717, 1.165) is 19.3 Å². The second-order valence-corrected chi connectivity index (χ2v) is 7.74. The van der Waals surface area contributed by atoms with E-state index in [9.17, 15) is 9.59 Å². The molecule has 9 nitrogen and oxygen atoms in total. The zero-order valence-corrected chi connectivity index (χ0v) is 18.6. The number of carbonyl (C=O) groups excluding carboxylic acids is 2. The number of hydrogen-bond acceptors (Lipinski definition) is 5. The molecule has 0 fully saturated rings. The quantitative estimate of drug-likeness (QED) is 0.274. The van der Waals surface area contributed by atoms with Crippen LogP contribution < -0.4 is 16.0 Å². The number of unbranched alkanes of at least 4 members (excludes halogenated alkanes) is 1. The molecule has 9 heteroatoms. The zero-order valence-electron chi connectivity index (χ0n) is 18.6. The average Bonchev–Trinajstić information content (AvgIpc) is 2.59. The predicted octanol–water partition coefficient (Wildman–Crippen LogP) is 1.34. The minimum absolute atomic E-state index is 0.0370. The van der Waals surface area contributed by atoms with Gasteiger partial charge in [0.05, 0.1) is 6.61 Å². The summed E-state index contributed by atoms with van der Waals surface area (Å²) in [6.45, 7) is 9.08. The maximum Gasteiger partial charge on any atom is 0.407 e. The number of amides is 2. The van der Waals surface area contributed by atoms with Crippen molar-refractivity contribution in [1.29, 1.82) is 0 Å². The number of aliphatic imine (C=N–C) groups is 1. The van der Waals surface area contributed by atoms with E-state index in [0.29, 0.717) is 25.7 Å². The van der Waals surface area contributed by atoms with Crippen LogP contribution in [-0.4, -0.2) is 81.9 Å². The third-order valence-electron chi connectivity index (χ3n) is 3.61. The Hall–Kier alpha value is -2.03. The first kappa shape index (κ1) is 26.0. The van der Waals surface area contributed by atoms with Gasteiger partial charge in [-0.25, -0.2) is 9.79 Å². The summed E-state index contributed by atoms with van der Waals surface area (Å²) in [7, 11) is 5.01. The lowest BCUT2D eigenvalue weighted by Crippen LogP contribution is -2.49. The second-order valence-electron chi connectivity index (χ2n) is 7.74. The Balaban J connectivity index is 4.95. The van der Waals surface area contributed by atoms with E-state index in [1.54, 1.807) is 21.2 Å². The van der Waals surface area contributed by atoms with Crippen molar-refractivity contribution in [2.45, 2.75) is 58.6 Å². The molecule has 0 saturated heterocycles. The van der Waals surface area contributed by atoms with Crippen LogP contribution in [0.3, 0.4) is 0 Å². The molecule has 0 spiro atoms. The number of hydrogen-bond donors (Lipinski definition) is 3. The topological polar surface area (TPSA) is 104 Å². The number of rotatable bonds is 11. The Kier molecular flexibility index (Phi) is 13.0. The van der Waals surface area contributed by atoms with Crippen molar-refractivity contribution in [3.05, 3.63) is 0 Å². The average molecular weight is 402 g/mol. The first-order valence-corrected chi connectivity index (χ1v) is 9.79. The molecule has 28 heavy (non-hydrogen) atoms. The second kappa shape index (κ2) is 14.0. The first-order chi connectivity index (χ1) is 13.1. The van der Waals surface area contributed by atoms with E-state index in [2.05, 4.69) is 27.9 Å². The molecule has 0 aliphatic rings. The summed E-state index contributed by atoms with van der Waals surface area (Å²) >= 11 is 0. The third-order valence-corrected chi connectivity index (χ3v) is 3.61. The molecule has 0 saturated carbocycles. The van der Waals surface area contributed by atoms with Crippen LogP contribution in [0.2, 0.25) is 0 Å². The molecule has 0 aromatic heterocycles. The molecule has 0 rings (SSSR count). The Morgan fingerprint density at radius 1 is 1.18 bits per heavy atom. The Bertz CT molecular complexity index is 489. The van der Waals surface area contributed by atoms with Gasteiger partial charge in [-0.15, -0.1) is 0 Å². The van der Waals surface area contributed by atoms with Crippen molar-refractivity contribution in [3.63, 3.8) is 0 Å². The van der Waals surface area contributed by atoms with Crippen molar-refractivity contribution >= 4 is 18.0 Å². The summed E-state index contributed by atoms with van der Waals surface area (Å²) in [5, 5.41) is 9.25. The van der Waals surface area contributed by atoms with Gasteiger partial charge in [-0.3, -0.25) is 4.79 Å². The summed E-state index contributed by atoms with van der Waals surface area (Å²) in [5.74, 6) is 0.421. The largest absolute Gasteiger partial charge is 0.444 e. The minimum Gasteiger partial charge on any atom is -0.444 e. The van der Waals surface area contributed by atoms with Gasteiger partial charge in [0.2, 0.25) is 5.91 Å². The number of alkyl carbamates (subject to hydrolysis) is 1. The van der Waals surface area contributed by atoms with E-state index in [-0.39, 0.29) is 18.5 Å². The standard InChI is InChI=1S/C19H39N5O4/c1-8-9-10-15(13-22-18(26)28-19(2,3)4)23-17(20-11-12-27-7)21-14-16(25)24(5)6/h15H,8-14H2,1-7H3,(H,22,26)(H2,20,21,23).